The molecule has 0 aromatic heterocycles. The van der Waals surface area contributed by atoms with Crippen LogP contribution in [0.4, 0.5) is 5.69 Å². The minimum atomic E-state index is 0.742. The third-order valence-corrected chi connectivity index (χ3v) is 5.55. The highest BCUT2D eigenvalue weighted by atomic mass is 35.5. The molecule has 1 aromatic rings. The molecule has 0 spiro atoms. The van der Waals surface area contributed by atoms with Crippen molar-refractivity contribution < 1.29 is 0 Å². The predicted octanol–water partition coefficient (Wildman–Crippen LogP) is 4.61. The molecule has 3 heteroatoms. The van der Waals surface area contributed by atoms with Gasteiger partial charge in [-0.1, -0.05) is 37.4 Å². The summed E-state index contributed by atoms with van der Waals surface area (Å²) in [6.07, 6.45) is 8.34. The highest BCUT2D eigenvalue weighted by Gasteiger charge is 2.34. The lowest BCUT2D eigenvalue weighted by Gasteiger charge is -2.46. The molecule has 1 N–H and O–H groups in total. The molecule has 0 radical (unpaired) electrons. The quantitative estimate of drug-likeness (QED) is 0.874. The average Bonchev–Trinajstić information content (AvgIpc) is 2.53. The van der Waals surface area contributed by atoms with E-state index in [-0.39, 0.29) is 0 Å². The second-order valence-corrected chi connectivity index (χ2v) is 6.87. The normalized spacial score (nSPS) is 25.7. The topological polar surface area (TPSA) is 15.3 Å². The van der Waals surface area contributed by atoms with E-state index in [9.17, 15) is 0 Å². The second kappa shape index (κ2) is 7.02. The van der Waals surface area contributed by atoms with E-state index in [1.54, 1.807) is 0 Å². The van der Waals surface area contributed by atoms with Crippen LogP contribution in [0.3, 0.4) is 0 Å². The summed E-state index contributed by atoms with van der Waals surface area (Å²) in [5.41, 5.74) is 2.66. The molecule has 1 heterocycles. The van der Waals surface area contributed by atoms with Crippen molar-refractivity contribution in [2.45, 2.75) is 58.0 Å². The largest absolute Gasteiger partial charge is 0.368 e. The van der Waals surface area contributed by atoms with Crippen molar-refractivity contribution in [1.29, 1.82) is 0 Å². The van der Waals surface area contributed by atoms with Crippen LogP contribution in [0.2, 0.25) is 5.02 Å². The number of halogens is 1. The van der Waals surface area contributed by atoms with Crippen LogP contribution in [0, 0.1) is 5.92 Å². The van der Waals surface area contributed by atoms with Crippen molar-refractivity contribution in [3.05, 3.63) is 28.8 Å². The standard InChI is InChI=1S/C18H27ClN2/c1-2-20-13-15-16(19)9-5-11-18(15)21-12-6-8-14-7-3-4-10-17(14)21/h5,9,11,14,17,20H,2-4,6-8,10,12-13H2,1H3. The van der Waals surface area contributed by atoms with Gasteiger partial charge in [0.15, 0.2) is 0 Å². The van der Waals surface area contributed by atoms with Crippen LogP contribution in [0.25, 0.3) is 0 Å². The van der Waals surface area contributed by atoms with E-state index < -0.39 is 0 Å². The lowest BCUT2D eigenvalue weighted by molar-refractivity contribution is 0.243. The molecule has 21 heavy (non-hydrogen) atoms. The maximum atomic E-state index is 6.49. The van der Waals surface area contributed by atoms with E-state index >= 15 is 0 Å². The van der Waals surface area contributed by atoms with Crippen molar-refractivity contribution in [1.82, 2.24) is 5.32 Å². The van der Waals surface area contributed by atoms with Gasteiger partial charge >= 0.3 is 0 Å². The van der Waals surface area contributed by atoms with Crippen LogP contribution in [0.1, 0.15) is 51.0 Å². The summed E-state index contributed by atoms with van der Waals surface area (Å²) < 4.78 is 0. The molecule has 1 aliphatic carbocycles. The SMILES string of the molecule is CCNCc1c(Cl)cccc1N1CCCC2CCCCC21. The fourth-order valence-corrected chi connectivity index (χ4v) is 4.40. The van der Waals surface area contributed by atoms with Gasteiger partial charge in [-0.05, 0) is 50.3 Å². The van der Waals surface area contributed by atoms with E-state index in [2.05, 4.69) is 29.3 Å². The van der Waals surface area contributed by atoms with Gasteiger partial charge in [-0.3, -0.25) is 0 Å². The van der Waals surface area contributed by atoms with Gasteiger partial charge in [0.25, 0.3) is 0 Å². The Morgan fingerprint density at radius 3 is 2.86 bits per heavy atom. The van der Waals surface area contributed by atoms with Crippen molar-refractivity contribution in [3.63, 3.8) is 0 Å². The molecule has 2 fully saturated rings. The number of hydrogen-bond acceptors (Lipinski definition) is 2. The summed E-state index contributed by atoms with van der Waals surface area (Å²) in [4.78, 5) is 2.67. The average molecular weight is 307 g/mol. The molecule has 116 valence electrons. The van der Waals surface area contributed by atoms with Crippen LogP contribution in [-0.2, 0) is 6.54 Å². The van der Waals surface area contributed by atoms with Crippen molar-refractivity contribution in [2.75, 3.05) is 18.0 Å². The summed E-state index contributed by atoms with van der Waals surface area (Å²) in [6, 6.07) is 7.15. The molecule has 1 aromatic carbocycles. The van der Waals surface area contributed by atoms with E-state index in [1.807, 2.05) is 6.07 Å². The van der Waals surface area contributed by atoms with Crippen LogP contribution < -0.4 is 10.2 Å². The Kier molecular flexibility index (Phi) is 5.07. The lowest BCUT2D eigenvalue weighted by Crippen LogP contribution is -2.47. The second-order valence-electron chi connectivity index (χ2n) is 6.47. The smallest absolute Gasteiger partial charge is 0.0471 e. The summed E-state index contributed by atoms with van der Waals surface area (Å²) in [7, 11) is 0. The molecule has 0 amide bonds. The molecule has 1 saturated carbocycles. The number of fused-ring (bicyclic) bond motifs is 1. The van der Waals surface area contributed by atoms with E-state index in [0.29, 0.717) is 0 Å². The Labute approximate surface area is 133 Å². The molecule has 2 atom stereocenters. The fraction of sp³-hybridized carbons (Fsp3) is 0.667. The van der Waals surface area contributed by atoms with Crippen LogP contribution >= 0.6 is 11.6 Å². The van der Waals surface area contributed by atoms with E-state index in [0.717, 1.165) is 30.1 Å². The van der Waals surface area contributed by atoms with Gasteiger partial charge in [-0.15, -0.1) is 0 Å². The monoisotopic (exact) mass is 306 g/mol. The maximum absolute atomic E-state index is 6.49. The van der Waals surface area contributed by atoms with Gasteiger partial charge in [0.1, 0.15) is 0 Å². The highest BCUT2D eigenvalue weighted by molar-refractivity contribution is 6.31. The first kappa shape index (κ1) is 15.2. The van der Waals surface area contributed by atoms with E-state index in [1.165, 1.54) is 56.3 Å². The Morgan fingerprint density at radius 1 is 1.19 bits per heavy atom. The Balaban J connectivity index is 1.89. The molecule has 2 unspecified atom stereocenters. The zero-order chi connectivity index (χ0) is 14.7. The molecule has 0 bridgehead atoms. The Morgan fingerprint density at radius 2 is 2.00 bits per heavy atom. The summed E-state index contributed by atoms with van der Waals surface area (Å²) in [6.45, 7) is 5.20. The first-order valence-electron chi connectivity index (χ1n) is 8.56. The first-order valence-corrected chi connectivity index (χ1v) is 8.93. The number of anilines is 1. The Bertz CT molecular complexity index is 472. The molecule has 1 aliphatic heterocycles. The third kappa shape index (κ3) is 3.22. The summed E-state index contributed by atoms with van der Waals surface area (Å²) in [5.74, 6) is 0.901. The third-order valence-electron chi connectivity index (χ3n) is 5.20. The van der Waals surface area contributed by atoms with Crippen molar-refractivity contribution in [2.24, 2.45) is 5.92 Å². The number of hydrogen-bond donors (Lipinski definition) is 1. The minimum Gasteiger partial charge on any atom is -0.368 e. The molecule has 3 rings (SSSR count). The number of piperidine rings is 1. The zero-order valence-corrected chi connectivity index (χ0v) is 13.8. The van der Waals surface area contributed by atoms with Crippen molar-refractivity contribution in [3.8, 4) is 0 Å². The fourth-order valence-electron chi connectivity index (χ4n) is 4.17. The van der Waals surface area contributed by atoms with Gasteiger partial charge in [-0.25, -0.2) is 0 Å². The van der Waals surface area contributed by atoms with Crippen LogP contribution in [0.15, 0.2) is 18.2 Å². The summed E-state index contributed by atoms with van der Waals surface area (Å²) >= 11 is 6.49. The number of rotatable bonds is 4. The van der Waals surface area contributed by atoms with Crippen LogP contribution in [-0.4, -0.2) is 19.1 Å². The predicted molar refractivity (Wildman–Crippen MR) is 91.2 cm³/mol. The number of nitrogens with zero attached hydrogens (tertiary/aromatic N) is 1. The zero-order valence-electron chi connectivity index (χ0n) is 13.1. The molecule has 2 nitrogen and oxygen atoms in total. The van der Waals surface area contributed by atoms with Gasteiger partial charge in [0.05, 0.1) is 0 Å². The molecular formula is C18H27ClN2. The van der Waals surface area contributed by atoms with Gasteiger partial charge in [0, 0.05) is 35.4 Å². The highest BCUT2D eigenvalue weighted by Crippen LogP contribution is 2.39. The molecule has 1 saturated heterocycles. The maximum Gasteiger partial charge on any atom is 0.0471 e. The lowest BCUT2D eigenvalue weighted by atomic mass is 9.78. The van der Waals surface area contributed by atoms with Gasteiger partial charge < -0.3 is 10.2 Å². The minimum absolute atomic E-state index is 0.742. The first-order chi connectivity index (χ1) is 10.3. The summed E-state index contributed by atoms with van der Waals surface area (Å²) in [5, 5.41) is 4.35. The van der Waals surface area contributed by atoms with Crippen LogP contribution in [0.5, 0.6) is 0 Å². The van der Waals surface area contributed by atoms with Gasteiger partial charge in [-0.2, -0.15) is 0 Å². The molecule has 2 aliphatic rings. The number of nitrogens with one attached hydrogen (secondary N) is 1. The van der Waals surface area contributed by atoms with Crippen molar-refractivity contribution >= 4 is 17.3 Å². The molecular weight excluding hydrogens is 280 g/mol. The number of benzene rings is 1. The van der Waals surface area contributed by atoms with E-state index in [4.69, 9.17) is 11.6 Å². The Hall–Kier alpha value is -0.730. The van der Waals surface area contributed by atoms with Gasteiger partial charge in [0.2, 0.25) is 0 Å².